The van der Waals surface area contributed by atoms with Gasteiger partial charge in [0.25, 0.3) is 0 Å². The largest absolute Gasteiger partial charge is 0.344 e. The van der Waals surface area contributed by atoms with E-state index in [9.17, 15) is 14.4 Å². The number of piperazine rings is 1. The number of hydrogen-bond acceptors (Lipinski definition) is 5. The van der Waals surface area contributed by atoms with Gasteiger partial charge in [-0.2, -0.15) is 0 Å². The average Bonchev–Trinajstić information content (AvgIpc) is 3.27. The minimum Gasteiger partial charge on any atom is -0.344 e. The SMILES string of the molecule is CCC(=O)NC(Cc1ccc(NC(=O)C(N)C2CCCCCC2)cc1)C(=O)N1CCN(Cc2ccccc2)CC1. The number of carbonyl (C=O) groups excluding carboxylic acids is 3. The first kappa shape index (κ1) is 29.7. The number of benzene rings is 2. The topological polar surface area (TPSA) is 108 Å². The maximum Gasteiger partial charge on any atom is 0.245 e. The molecule has 1 saturated carbocycles. The summed E-state index contributed by atoms with van der Waals surface area (Å²) < 4.78 is 0. The molecule has 0 bridgehead atoms. The molecule has 0 aromatic heterocycles. The first-order chi connectivity index (χ1) is 19.4. The molecule has 2 aliphatic rings. The first-order valence-electron chi connectivity index (χ1n) is 14.9. The molecule has 1 heterocycles. The van der Waals surface area contributed by atoms with Gasteiger partial charge in [-0.15, -0.1) is 0 Å². The van der Waals surface area contributed by atoms with Gasteiger partial charge in [-0.3, -0.25) is 19.3 Å². The smallest absolute Gasteiger partial charge is 0.245 e. The molecule has 1 aliphatic heterocycles. The number of hydrogen-bond donors (Lipinski definition) is 3. The Bertz CT molecular complexity index is 1090. The molecular formula is C32H45N5O3. The lowest BCUT2D eigenvalue weighted by Crippen LogP contribution is -2.55. The van der Waals surface area contributed by atoms with E-state index in [1.807, 2.05) is 47.4 Å². The van der Waals surface area contributed by atoms with E-state index in [0.29, 0.717) is 31.6 Å². The van der Waals surface area contributed by atoms with Crippen LogP contribution in [-0.2, 0) is 27.3 Å². The van der Waals surface area contributed by atoms with Gasteiger partial charge in [-0.25, -0.2) is 0 Å². The summed E-state index contributed by atoms with van der Waals surface area (Å²) in [7, 11) is 0. The van der Waals surface area contributed by atoms with Crippen LogP contribution in [0.5, 0.6) is 0 Å². The highest BCUT2D eigenvalue weighted by Crippen LogP contribution is 2.25. The molecule has 4 N–H and O–H groups in total. The van der Waals surface area contributed by atoms with Crippen LogP contribution in [0.3, 0.4) is 0 Å². The summed E-state index contributed by atoms with van der Waals surface area (Å²) in [4.78, 5) is 42.8. The molecule has 216 valence electrons. The minimum absolute atomic E-state index is 0.0482. The Morgan fingerprint density at radius 2 is 1.52 bits per heavy atom. The third kappa shape index (κ3) is 8.63. The van der Waals surface area contributed by atoms with E-state index in [0.717, 1.165) is 50.9 Å². The normalized spacial score (nSPS) is 18.4. The van der Waals surface area contributed by atoms with Gasteiger partial charge in [0.2, 0.25) is 17.7 Å². The second kappa shape index (κ2) is 15.0. The zero-order valence-electron chi connectivity index (χ0n) is 23.8. The highest BCUT2D eigenvalue weighted by atomic mass is 16.2. The lowest BCUT2D eigenvalue weighted by atomic mass is 9.92. The van der Waals surface area contributed by atoms with Crippen molar-refractivity contribution in [3.05, 3.63) is 65.7 Å². The maximum atomic E-state index is 13.5. The quantitative estimate of drug-likeness (QED) is 0.393. The van der Waals surface area contributed by atoms with Gasteiger partial charge in [0.05, 0.1) is 6.04 Å². The summed E-state index contributed by atoms with van der Waals surface area (Å²) in [5, 5.41) is 5.90. The van der Waals surface area contributed by atoms with Crippen molar-refractivity contribution in [2.75, 3.05) is 31.5 Å². The number of nitrogens with zero attached hydrogens (tertiary/aromatic N) is 2. The molecule has 8 heteroatoms. The molecular weight excluding hydrogens is 502 g/mol. The standard InChI is InChI=1S/C32H45N5O3/c1-2-29(38)35-28(32(40)37-20-18-36(19-21-37)23-25-10-6-5-7-11-25)22-24-14-16-27(17-15-24)34-31(39)30(33)26-12-8-3-4-9-13-26/h5-7,10-11,14-17,26,28,30H,2-4,8-9,12-13,18-23,33H2,1H3,(H,34,39)(H,35,38). The Labute approximate surface area is 238 Å². The van der Waals surface area contributed by atoms with Crippen LogP contribution in [0.1, 0.15) is 63.0 Å². The molecule has 2 fully saturated rings. The van der Waals surface area contributed by atoms with Crippen LogP contribution in [0.25, 0.3) is 0 Å². The van der Waals surface area contributed by atoms with Gasteiger partial charge in [0, 0.05) is 51.3 Å². The fourth-order valence-corrected chi connectivity index (χ4v) is 5.75. The monoisotopic (exact) mass is 547 g/mol. The molecule has 40 heavy (non-hydrogen) atoms. The summed E-state index contributed by atoms with van der Waals surface area (Å²) >= 11 is 0. The third-order valence-electron chi connectivity index (χ3n) is 8.26. The highest BCUT2D eigenvalue weighted by Gasteiger charge is 2.29. The van der Waals surface area contributed by atoms with Gasteiger partial charge < -0.3 is 21.3 Å². The molecule has 1 aliphatic carbocycles. The van der Waals surface area contributed by atoms with E-state index in [1.165, 1.54) is 18.4 Å². The molecule has 2 atom stereocenters. The molecule has 0 spiro atoms. The minimum atomic E-state index is -0.628. The Morgan fingerprint density at radius 1 is 0.875 bits per heavy atom. The van der Waals surface area contributed by atoms with Crippen molar-refractivity contribution in [3.63, 3.8) is 0 Å². The fourth-order valence-electron chi connectivity index (χ4n) is 5.75. The summed E-state index contributed by atoms with van der Waals surface area (Å²) in [5.74, 6) is -0.101. The lowest BCUT2D eigenvalue weighted by Gasteiger charge is -2.36. The van der Waals surface area contributed by atoms with Crippen molar-refractivity contribution in [1.29, 1.82) is 0 Å². The zero-order chi connectivity index (χ0) is 28.3. The van der Waals surface area contributed by atoms with Gasteiger partial charge in [0.15, 0.2) is 0 Å². The highest BCUT2D eigenvalue weighted by molar-refractivity contribution is 5.95. The molecule has 8 nitrogen and oxygen atoms in total. The van der Waals surface area contributed by atoms with Crippen molar-refractivity contribution in [3.8, 4) is 0 Å². The van der Waals surface area contributed by atoms with E-state index in [2.05, 4.69) is 27.7 Å². The van der Waals surface area contributed by atoms with Crippen LogP contribution in [0.2, 0.25) is 0 Å². The second-order valence-electron chi connectivity index (χ2n) is 11.2. The number of rotatable bonds is 10. The summed E-state index contributed by atoms with van der Waals surface area (Å²) in [5.41, 5.74) is 9.19. The van der Waals surface area contributed by atoms with Gasteiger partial charge >= 0.3 is 0 Å². The van der Waals surface area contributed by atoms with E-state index < -0.39 is 12.1 Å². The van der Waals surface area contributed by atoms with Crippen molar-refractivity contribution < 1.29 is 14.4 Å². The Kier molecular flexibility index (Phi) is 11.1. The van der Waals surface area contributed by atoms with Crippen molar-refractivity contribution in [1.82, 2.24) is 15.1 Å². The fraction of sp³-hybridized carbons (Fsp3) is 0.531. The van der Waals surface area contributed by atoms with Crippen LogP contribution < -0.4 is 16.4 Å². The molecule has 2 aromatic carbocycles. The third-order valence-corrected chi connectivity index (χ3v) is 8.26. The summed E-state index contributed by atoms with van der Waals surface area (Å²) in [6.45, 7) is 5.52. The second-order valence-corrected chi connectivity index (χ2v) is 11.2. The number of nitrogens with one attached hydrogen (secondary N) is 2. The summed E-state index contributed by atoms with van der Waals surface area (Å²) in [6, 6.07) is 16.7. The molecule has 4 rings (SSSR count). The van der Waals surface area contributed by atoms with E-state index in [4.69, 9.17) is 5.73 Å². The first-order valence-corrected chi connectivity index (χ1v) is 14.9. The van der Waals surface area contributed by atoms with Crippen LogP contribution >= 0.6 is 0 Å². The van der Waals surface area contributed by atoms with Crippen molar-refractivity contribution in [2.45, 2.75) is 76.9 Å². The van der Waals surface area contributed by atoms with Gasteiger partial charge in [-0.05, 0) is 42.0 Å². The van der Waals surface area contributed by atoms with Crippen LogP contribution in [0, 0.1) is 5.92 Å². The predicted molar refractivity (Wildman–Crippen MR) is 158 cm³/mol. The molecule has 0 radical (unpaired) electrons. The zero-order valence-corrected chi connectivity index (χ0v) is 23.8. The van der Waals surface area contributed by atoms with Crippen LogP contribution in [-0.4, -0.2) is 65.8 Å². The molecule has 2 aromatic rings. The summed E-state index contributed by atoms with van der Waals surface area (Å²) in [6.07, 6.45) is 7.45. The van der Waals surface area contributed by atoms with Gasteiger partial charge in [0.1, 0.15) is 6.04 Å². The number of nitrogens with two attached hydrogens (primary N) is 1. The molecule has 1 saturated heterocycles. The Hall–Kier alpha value is -3.23. The van der Waals surface area contributed by atoms with E-state index in [1.54, 1.807) is 6.92 Å². The number of amides is 3. The Morgan fingerprint density at radius 3 is 2.15 bits per heavy atom. The van der Waals surface area contributed by atoms with Gasteiger partial charge in [-0.1, -0.05) is 75.1 Å². The Balaban J connectivity index is 1.32. The predicted octanol–water partition coefficient (Wildman–Crippen LogP) is 3.70. The van der Waals surface area contributed by atoms with Crippen molar-refractivity contribution in [2.24, 2.45) is 11.7 Å². The molecule has 2 unspecified atom stereocenters. The van der Waals surface area contributed by atoms with Crippen molar-refractivity contribution >= 4 is 23.4 Å². The number of anilines is 1. The lowest BCUT2D eigenvalue weighted by molar-refractivity contribution is -0.138. The molecule has 3 amide bonds. The average molecular weight is 548 g/mol. The van der Waals surface area contributed by atoms with Crippen LogP contribution in [0.15, 0.2) is 54.6 Å². The maximum absolute atomic E-state index is 13.5. The van der Waals surface area contributed by atoms with E-state index in [-0.39, 0.29) is 23.6 Å². The number of carbonyl (C=O) groups is 3. The van der Waals surface area contributed by atoms with E-state index >= 15 is 0 Å². The van der Waals surface area contributed by atoms with Crippen LogP contribution in [0.4, 0.5) is 5.69 Å².